The predicted molar refractivity (Wildman–Crippen MR) is 126 cm³/mol. The van der Waals surface area contributed by atoms with Crippen molar-refractivity contribution in [1.29, 1.82) is 0 Å². The van der Waals surface area contributed by atoms with E-state index < -0.39 is 12.1 Å². The largest absolute Gasteiger partial charge is 0.398 e. The highest BCUT2D eigenvalue weighted by Crippen LogP contribution is 2.37. The Labute approximate surface area is 190 Å². The van der Waals surface area contributed by atoms with Crippen molar-refractivity contribution < 1.29 is 9.59 Å². The van der Waals surface area contributed by atoms with Gasteiger partial charge in [-0.1, -0.05) is 53.6 Å². The summed E-state index contributed by atoms with van der Waals surface area (Å²) in [6, 6.07) is 18.5. The van der Waals surface area contributed by atoms with E-state index in [-0.39, 0.29) is 10.9 Å². The molecule has 5 rings (SSSR count). The van der Waals surface area contributed by atoms with Gasteiger partial charge in [0, 0.05) is 23.2 Å². The van der Waals surface area contributed by atoms with Crippen molar-refractivity contribution in [3.05, 3.63) is 93.5 Å². The fourth-order valence-electron chi connectivity index (χ4n) is 4.31. The minimum absolute atomic E-state index is 0.255. The smallest absolute Gasteiger partial charge is 0.272 e. The predicted octanol–water partition coefficient (Wildman–Crippen LogP) is 3.73. The average Bonchev–Trinajstić information content (AvgIpc) is 3.17. The van der Waals surface area contributed by atoms with E-state index in [0.29, 0.717) is 23.5 Å². The van der Waals surface area contributed by atoms with Gasteiger partial charge >= 0.3 is 0 Å². The average molecular weight is 445 g/mol. The lowest BCUT2D eigenvalue weighted by Crippen LogP contribution is -2.47. The van der Waals surface area contributed by atoms with E-state index in [9.17, 15) is 9.59 Å². The molecule has 0 saturated carbocycles. The summed E-state index contributed by atoms with van der Waals surface area (Å²) in [5.74, 6) is -0.697. The van der Waals surface area contributed by atoms with E-state index in [1.165, 1.54) is 6.07 Å². The van der Waals surface area contributed by atoms with Gasteiger partial charge in [-0.05, 0) is 43.2 Å². The molecule has 6 nitrogen and oxygen atoms in total. The first kappa shape index (κ1) is 20.3. The van der Waals surface area contributed by atoms with Gasteiger partial charge in [0.1, 0.15) is 0 Å². The molecule has 0 saturated heterocycles. The van der Waals surface area contributed by atoms with Gasteiger partial charge in [0.05, 0.1) is 22.1 Å². The zero-order valence-corrected chi connectivity index (χ0v) is 18.2. The quantitative estimate of drug-likeness (QED) is 0.603. The molecule has 2 amide bonds. The molecule has 0 bridgehead atoms. The van der Waals surface area contributed by atoms with Crippen molar-refractivity contribution in [3.8, 4) is 0 Å². The summed E-state index contributed by atoms with van der Waals surface area (Å²) in [6.07, 6.45) is -0.292. The van der Waals surface area contributed by atoms with Crippen molar-refractivity contribution in [1.82, 2.24) is 5.32 Å². The van der Waals surface area contributed by atoms with Gasteiger partial charge < -0.3 is 16.0 Å². The molecule has 0 aliphatic carbocycles. The normalized spacial score (nSPS) is 16.9. The van der Waals surface area contributed by atoms with E-state index in [1.54, 1.807) is 17.0 Å². The Morgan fingerprint density at radius 1 is 1.16 bits per heavy atom. The Hall–Kier alpha value is -3.64. The summed E-state index contributed by atoms with van der Waals surface area (Å²) in [4.78, 5) is 33.0. The number of rotatable bonds is 3. The summed E-state index contributed by atoms with van der Waals surface area (Å²) in [5, 5.41) is 3.07. The zero-order chi connectivity index (χ0) is 22.4. The number of nitrogen functional groups attached to an aromatic ring is 1. The van der Waals surface area contributed by atoms with Gasteiger partial charge in [-0.15, -0.1) is 0 Å². The molecule has 32 heavy (non-hydrogen) atoms. The second-order valence-corrected chi connectivity index (χ2v) is 8.42. The molecule has 0 spiro atoms. The molecule has 1 atom stereocenters. The minimum atomic E-state index is -1.06. The van der Waals surface area contributed by atoms with Crippen molar-refractivity contribution in [2.24, 2.45) is 4.99 Å². The fourth-order valence-corrected chi connectivity index (χ4v) is 4.49. The third-order valence-corrected chi connectivity index (χ3v) is 6.13. The number of benzene rings is 3. The van der Waals surface area contributed by atoms with Crippen molar-refractivity contribution in [2.75, 3.05) is 17.2 Å². The maximum atomic E-state index is 13.5. The Morgan fingerprint density at radius 3 is 2.69 bits per heavy atom. The molecule has 2 aliphatic heterocycles. The second-order valence-electron chi connectivity index (χ2n) is 8.02. The number of hydrogen-bond acceptors (Lipinski definition) is 4. The standard InChI is InChI=1S/C25H21ClN4O2/c1-14-11-16-9-10-30-22(16)18(12-14)21(15-5-3-2-4-6-15)28-23(25(30)32)29-24(31)17-7-8-20(27)19(26)13-17/h2-8,11-13,23H,9-10,27H2,1H3,(H,29,31)/t23-/m0/s1. The minimum Gasteiger partial charge on any atom is -0.398 e. The highest BCUT2D eigenvalue weighted by molar-refractivity contribution is 6.33. The number of hydrogen-bond donors (Lipinski definition) is 2. The van der Waals surface area contributed by atoms with Crippen molar-refractivity contribution in [2.45, 2.75) is 19.5 Å². The summed E-state index contributed by atoms with van der Waals surface area (Å²) < 4.78 is 0. The maximum absolute atomic E-state index is 13.5. The lowest BCUT2D eigenvalue weighted by molar-refractivity contribution is -0.120. The number of aryl methyl sites for hydroxylation is 1. The van der Waals surface area contributed by atoms with Crippen LogP contribution in [-0.4, -0.2) is 30.2 Å². The Balaban J connectivity index is 1.61. The molecule has 0 unspecified atom stereocenters. The van der Waals surface area contributed by atoms with Gasteiger partial charge in [0.15, 0.2) is 0 Å². The Bertz CT molecular complexity index is 1290. The van der Waals surface area contributed by atoms with Gasteiger partial charge in [0.25, 0.3) is 11.8 Å². The third-order valence-electron chi connectivity index (χ3n) is 5.80. The number of aliphatic imine (C=N–C) groups is 1. The number of nitrogens with one attached hydrogen (secondary N) is 1. The van der Waals surface area contributed by atoms with Crippen LogP contribution in [0.15, 0.2) is 65.7 Å². The monoisotopic (exact) mass is 444 g/mol. The van der Waals surface area contributed by atoms with Gasteiger partial charge in [-0.2, -0.15) is 0 Å². The van der Waals surface area contributed by atoms with Gasteiger partial charge in [0.2, 0.25) is 6.17 Å². The number of nitrogens with two attached hydrogens (primary N) is 1. The van der Waals surface area contributed by atoms with Crippen molar-refractivity contribution >= 4 is 40.5 Å². The number of halogens is 1. The van der Waals surface area contributed by atoms with Crippen LogP contribution in [0.3, 0.4) is 0 Å². The molecule has 3 aromatic rings. The highest BCUT2D eigenvalue weighted by atomic mass is 35.5. The maximum Gasteiger partial charge on any atom is 0.272 e. The molecule has 3 N–H and O–H groups in total. The molecule has 7 heteroatoms. The number of carbonyl (C=O) groups excluding carboxylic acids is 2. The van der Waals surface area contributed by atoms with Crippen LogP contribution in [0, 0.1) is 6.92 Å². The molecule has 3 aromatic carbocycles. The number of carbonyl (C=O) groups is 2. The third kappa shape index (κ3) is 3.42. The van der Waals surface area contributed by atoms with Crippen LogP contribution in [0.5, 0.6) is 0 Å². The number of anilines is 2. The van der Waals surface area contributed by atoms with Crippen LogP contribution < -0.4 is 16.0 Å². The Kier molecular flexibility index (Phi) is 4.94. The van der Waals surface area contributed by atoms with E-state index in [2.05, 4.69) is 17.4 Å². The topological polar surface area (TPSA) is 87.8 Å². The summed E-state index contributed by atoms with van der Waals surface area (Å²) in [7, 11) is 0. The zero-order valence-electron chi connectivity index (χ0n) is 17.4. The molecule has 2 aliphatic rings. The van der Waals surface area contributed by atoms with Crippen LogP contribution in [0.25, 0.3) is 0 Å². The molecule has 2 heterocycles. The summed E-state index contributed by atoms with van der Waals surface area (Å²) >= 11 is 6.08. The fraction of sp³-hybridized carbons (Fsp3) is 0.160. The van der Waals surface area contributed by atoms with Crippen LogP contribution >= 0.6 is 11.6 Å². The molecular weight excluding hydrogens is 424 g/mol. The van der Waals surface area contributed by atoms with Crippen LogP contribution in [0.2, 0.25) is 5.02 Å². The molecule has 0 radical (unpaired) electrons. The van der Waals surface area contributed by atoms with Gasteiger partial charge in [-0.25, -0.2) is 4.99 Å². The van der Waals surface area contributed by atoms with E-state index in [1.807, 2.05) is 37.3 Å². The summed E-state index contributed by atoms with van der Waals surface area (Å²) in [6.45, 7) is 2.60. The molecule has 160 valence electrons. The van der Waals surface area contributed by atoms with Crippen LogP contribution in [-0.2, 0) is 11.2 Å². The Morgan fingerprint density at radius 2 is 1.94 bits per heavy atom. The van der Waals surface area contributed by atoms with E-state index in [0.717, 1.165) is 34.4 Å². The summed E-state index contributed by atoms with van der Waals surface area (Å²) in [5.41, 5.74) is 12.0. The van der Waals surface area contributed by atoms with Crippen molar-refractivity contribution in [3.63, 3.8) is 0 Å². The molecular formula is C25H21ClN4O2. The second kappa shape index (κ2) is 7.80. The first-order chi connectivity index (χ1) is 15.4. The number of nitrogens with zero attached hydrogens (tertiary/aromatic N) is 2. The van der Waals surface area contributed by atoms with Crippen LogP contribution in [0.1, 0.15) is 32.6 Å². The first-order valence-corrected chi connectivity index (χ1v) is 10.7. The SMILES string of the molecule is Cc1cc2c3c(c1)C(c1ccccc1)=N[C@@H](NC(=O)c1ccc(N)c(Cl)c1)C(=O)N3CC2. The lowest BCUT2D eigenvalue weighted by atomic mass is 9.96. The van der Waals surface area contributed by atoms with Gasteiger partial charge in [-0.3, -0.25) is 9.59 Å². The first-order valence-electron chi connectivity index (χ1n) is 10.4. The number of amides is 2. The molecule has 0 fully saturated rings. The van der Waals surface area contributed by atoms with Crippen LogP contribution in [0.4, 0.5) is 11.4 Å². The lowest BCUT2D eigenvalue weighted by Gasteiger charge is -2.21. The molecule has 0 aromatic heterocycles. The van der Waals surface area contributed by atoms with E-state index in [4.69, 9.17) is 22.3 Å². The highest BCUT2D eigenvalue weighted by Gasteiger charge is 2.37. The van der Waals surface area contributed by atoms with E-state index >= 15 is 0 Å².